The Bertz CT molecular complexity index is 223. The molecule has 0 bridgehead atoms. The van der Waals surface area contributed by atoms with Crippen molar-refractivity contribution in [3.63, 3.8) is 0 Å². The largest absolute Gasteiger partial charge is 0.490 e. The van der Waals surface area contributed by atoms with Crippen molar-refractivity contribution in [2.75, 3.05) is 6.61 Å². The van der Waals surface area contributed by atoms with Gasteiger partial charge >= 0.3 is 0 Å². The molecule has 1 atom stereocenters. The average molecular weight is 197 g/mol. The fourth-order valence-corrected chi connectivity index (χ4v) is 1.47. The van der Waals surface area contributed by atoms with Gasteiger partial charge in [-0.1, -0.05) is 19.8 Å². The van der Waals surface area contributed by atoms with Crippen molar-refractivity contribution in [1.82, 2.24) is 0 Å². The maximum Gasteiger partial charge on any atom is 0.213 e. The van der Waals surface area contributed by atoms with Crippen LogP contribution in [0.3, 0.4) is 0 Å². The van der Waals surface area contributed by atoms with Crippen LogP contribution in [0, 0.1) is 0 Å². The Kier molecular flexibility index (Phi) is 4.66. The van der Waals surface area contributed by atoms with E-state index in [4.69, 9.17) is 10.5 Å². The molecule has 0 fully saturated rings. The summed E-state index contributed by atoms with van der Waals surface area (Å²) in [6.45, 7) is 2.74. The summed E-state index contributed by atoms with van der Waals surface area (Å²) in [6, 6.07) is -0.376. The lowest BCUT2D eigenvalue weighted by Gasteiger charge is -2.17. The minimum absolute atomic E-state index is 0.0295. The smallest absolute Gasteiger partial charge is 0.213 e. The highest BCUT2D eigenvalue weighted by atomic mass is 16.5. The van der Waals surface area contributed by atoms with E-state index in [-0.39, 0.29) is 11.8 Å². The van der Waals surface area contributed by atoms with Crippen molar-refractivity contribution in [3.05, 3.63) is 11.8 Å². The summed E-state index contributed by atoms with van der Waals surface area (Å²) in [5.74, 6) is 0.456. The third-order valence-electron chi connectivity index (χ3n) is 2.38. The van der Waals surface area contributed by atoms with Gasteiger partial charge in [-0.25, -0.2) is 0 Å². The fourth-order valence-electron chi connectivity index (χ4n) is 1.47. The standard InChI is InChI=1S/C11H19NO2/c1-2-3-6-9(12)11(13)10-7-4-5-8-14-10/h7,9H,2-6,8,12H2,1H3. The van der Waals surface area contributed by atoms with E-state index in [9.17, 15) is 4.79 Å². The highest BCUT2D eigenvalue weighted by Gasteiger charge is 2.20. The monoisotopic (exact) mass is 197 g/mol. The number of carbonyl (C=O) groups excluding carboxylic acids is 1. The molecule has 3 nitrogen and oxygen atoms in total. The molecule has 0 aromatic carbocycles. The third kappa shape index (κ3) is 3.14. The summed E-state index contributed by atoms with van der Waals surface area (Å²) in [5.41, 5.74) is 5.76. The van der Waals surface area contributed by atoms with Crippen LogP contribution < -0.4 is 5.73 Å². The molecule has 3 heteroatoms. The van der Waals surface area contributed by atoms with Gasteiger partial charge in [-0.15, -0.1) is 0 Å². The summed E-state index contributed by atoms with van der Waals surface area (Å²) in [4.78, 5) is 11.7. The summed E-state index contributed by atoms with van der Waals surface area (Å²) in [6.07, 6.45) is 6.62. The second kappa shape index (κ2) is 5.81. The lowest BCUT2D eigenvalue weighted by molar-refractivity contribution is -0.120. The Hall–Kier alpha value is -0.830. The van der Waals surface area contributed by atoms with Crippen LogP contribution in [0.5, 0.6) is 0 Å². The first-order chi connectivity index (χ1) is 6.75. The third-order valence-corrected chi connectivity index (χ3v) is 2.38. The number of hydrogen-bond acceptors (Lipinski definition) is 3. The number of unbranched alkanes of at least 4 members (excludes halogenated alkanes) is 1. The van der Waals surface area contributed by atoms with Gasteiger partial charge in [0.15, 0.2) is 5.76 Å². The Balaban J connectivity index is 2.42. The maximum atomic E-state index is 11.7. The van der Waals surface area contributed by atoms with Crippen LogP contribution in [0.1, 0.15) is 39.0 Å². The molecule has 1 rings (SSSR count). The minimum atomic E-state index is -0.376. The van der Waals surface area contributed by atoms with E-state index in [1.807, 2.05) is 6.08 Å². The number of ether oxygens (including phenoxy) is 1. The van der Waals surface area contributed by atoms with E-state index in [0.29, 0.717) is 12.4 Å². The second-order valence-corrected chi connectivity index (χ2v) is 3.67. The van der Waals surface area contributed by atoms with Crippen molar-refractivity contribution in [2.45, 2.75) is 45.1 Å². The number of Topliss-reactive ketones (excluding diaryl/α,β-unsaturated/α-hetero) is 1. The molecule has 0 radical (unpaired) electrons. The molecule has 1 aliphatic heterocycles. The second-order valence-electron chi connectivity index (χ2n) is 3.67. The van der Waals surface area contributed by atoms with Gasteiger partial charge in [0.1, 0.15) is 0 Å². The highest BCUT2D eigenvalue weighted by Crippen LogP contribution is 2.13. The summed E-state index contributed by atoms with van der Waals surface area (Å²) in [5, 5.41) is 0. The van der Waals surface area contributed by atoms with Crippen LogP contribution in [0.4, 0.5) is 0 Å². The zero-order chi connectivity index (χ0) is 10.4. The van der Waals surface area contributed by atoms with Crippen LogP contribution >= 0.6 is 0 Å². The van der Waals surface area contributed by atoms with E-state index >= 15 is 0 Å². The van der Waals surface area contributed by atoms with Gasteiger partial charge in [-0.05, 0) is 25.3 Å². The van der Waals surface area contributed by atoms with Crippen molar-refractivity contribution in [2.24, 2.45) is 5.73 Å². The van der Waals surface area contributed by atoms with Crippen LogP contribution in [0.15, 0.2) is 11.8 Å². The lowest BCUT2D eigenvalue weighted by Crippen LogP contribution is -2.33. The van der Waals surface area contributed by atoms with Gasteiger partial charge in [0.2, 0.25) is 5.78 Å². The Morgan fingerprint density at radius 1 is 1.71 bits per heavy atom. The number of rotatable bonds is 5. The predicted octanol–water partition coefficient (Wildman–Crippen LogP) is 1.77. The van der Waals surface area contributed by atoms with Gasteiger partial charge in [0.25, 0.3) is 0 Å². The molecule has 2 N–H and O–H groups in total. The van der Waals surface area contributed by atoms with Crippen molar-refractivity contribution in [3.8, 4) is 0 Å². The summed E-state index contributed by atoms with van der Waals surface area (Å²) in [7, 11) is 0. The molecule has 0 aromatic heterocycles. The SMILES string of the molecule is CCCCC(N)C(=O)C1=CCCCO1. The zero-order valence-corrected chi connectivity index (χ0v) is 8.79. The number of hydrogen-bond donors (Lipinski definition) is 1. The van der Waals surface area contributed by atoms with Gasteiger partial charge in [-0.2, -0.15) is 0 Å². The van der Waals surface area contributed by atoms with Crippen LogP contribution in [0.25, 0.3) is 0 Å². The molecule has 80 valence electrons. The number of nitrogens with two attached hydrogens (primary N) is 1. The predicted molar refractivity (Wildman–Crippen MR) is 55.8 cm³/mol. The number of allylic oxidation sites excluding steroid dienone is 1. The zero-order valence-electron chi connectivity index (χ0n) is 8.79. The van der Waals surface area contributed by atoms with Gasteiger partial charge in [0, 0.05) is 0 Å². The molecule has 0 saturated heterocycles. The molecular weight excluding hydrogens is 178 g/mol. The normalized spacial score (nSPS) is 18.3. The summed E-state index contributed by atoms with van der Waals surface area (Å²) < 4.78 is 5.27. The van der Waals surface area contributed by atoms with Gasteiger partial charge in [0.05, 0.1) is 12.6 Å². The van der Waals surface area contributed by atoms with E-state index < -0.39 is 0 Å². The lowest BCUT2D eigenvalue weighted by atomic mass is 10.0. The van der Waals surface area contributed by atoms with Crippen molar-refractivity contribution in [1.29, 1.82) is 0 Å². The van der Waals surface area contributed by atoms with E-state index in [1.54, 1.807) is 0 Å². The average Bonchev–Trinajstić information content (AvgIpc) is 2.26. The molecule has 14 heavy (non-hydrogen) atoms. The van der Waals surface area contributed by atoms with Crippen molar-refractivity contribution >= 4 is 5.78 Å². The van der Waals surface area contributed by atoms with Crippen LogP contribution in [-0.2, 0) is 9.53 Å². The Morgan fingerprint density at radius 2 is 2.50 bits per heavy atom. The quantitative estimate of drug-likeness (QED) is 0.730. The van der Waals surface area contributed by atoms with E-state index in [2.05, 4.69) is 6.92 Å². The molecule has 0 aromatic rings. The molecule has 0 spiro atoms. The molecule has 0 amide bonds. The van der Waals surface area contributed by atoms with Gasteiger partial charge < -0.3 is 10.5 Å². The Labute approximate surface area is 85.3 Å². The fraction of sp³-hybridized carbons (Fsp3) is 0.727. The Morgan fingerprint density at radius 3 is 3.07 bits per heavy atom. The van der Waals surface area contributed by atoms with Crippen LogP contribution in [0.2, 0.25) is 0 Å². The minimum Gasteiger partial charge on any atom is -0.490 e. The molecule has 1 aliphatic rings. The van der Waals surface area contributed by atoms with Crippen molar-refractivity contribution < 1.29 is 9.53 Å². The number of ketones is 1. The molecule has 1 heterocycles. The summed E-state index contributed by atoms with van der Waals surface area (Å²) >= 11 is 0. The molecule has 1 unspecified atom stereocenters. The van der Waals surface area contributed by atoms with E-state index in [1.165, 1.54) is 0 Å². The molecular formula is C11H19NO2. The van der Waals surface area contributed by atoms with Gasteiger partial charge in [-0.3, -0.25) is 4.79 Å². The maximum absolute atomic E-state index is 11.7. The first kappa shape index (κ1) is 11.2. The highest BCUT2D eigenvalue weighted by molar-refractivity contribution is 5.97. The van der Waals surface area contributed by atoms with E-state index in [0.717, 1.165) is 32.1 Å². The van der Waals surface area contributed by atoms with Crippen LogP contribution in [-0.4, -0.2) is 18.4 Å². The number of carbonyl (C=O) groups is 1. The first-order valence-electron chi connectivity index (χ1n) is 5.38. The molecule has 0 aliphatic carbocycles. The first-order valence-corrected chi connectivity index (χ1v) is 5.38. The topological polar surface area (TPSA) is 52.3 Å². The molecule has 0 saturated carbocycles.